The number of aryl methyl sites for hydroxylation is 2. The highest BCUT2D eigenvalue weighted by Gasteiger charge is 2.16. The highest BCUT2D eigenvalue weighted by atomic mass is 16.5. The summed E-state index contributed by atoms with van der Waals surface area (Å²) in [4.78, 5) is 23.0. The largest absolute Gasteiger partial charge is 0.484 e. The topological polar surface area (TPSA) is 64.6 Å². The molecule has 0 fully saturated rings. The van der Waals surface area contributed by atoms with Gasteiger partial charge in [0.2, 0.25) is 0 Å². The summed E-state index contributed by atoms with van der Waals surface area (Å²) in [7, 11) is 0. The summed E-state index contributed by atoms with van der Waals surface area (Å²) in [5.74, 6) is -0.168. The van der Waals surface area contributed by atoms with Gasteiger partial charge in [-0.05, 0) is 51.0 Å². The van der Waals surface area contributed by atoms with Crippen molar-refractivity contribution in [3.8, 4) is 5.75 Å². The maximum absolute atomic E-state index is 11.7. The summed E-state index contributed by atoms with van der Waals surface area (Å²) in [5, 5.41) is 2.53. The normalized spacial score (nSPS) is 11.6. The molecule has 20 heavy (non-hydrogen) atoms. The molecule has 1 unspecified atom stereocenters. The number of carbonyl (C=O) groups is 2. The lowest BCUT2D eigenvalue weighted by atomic mass is 10.1. The molecular weight excluding hydrogens is 258 g/mol. The van der Waals surface area contributed by atoms with E-state index < -0.39 is 12.0 Å². The van der Waals surface area contributed by atoms with Crippen LogP contribution in [0.15, 0.2) is 18.2 Å². The summed E-state index contributed by atoms with van der Waals surface area (Å²) in [5.41, 5.74) is 2.14. The third-order valence-corrected chi connectivity index (χ3v) is 2.58. The second kappa shape index (κ2) is 7.53. The lowest BCUT2D eigenvalue weighted by molar-refractivity contribution is -0.147. The van der Waals surface area contributed by atoms with Crippen LogP contribution >= 0.6 is 0 Å². The Morgan fingerprint density at radius 3 is 2.35 bits per heavy atom. The van der Waals surface area contributed by atoms with Crippen molar-refractivity contribution in [3.63, 3.8) is 0 Å². The number of esters is 1. The monoisotopic (exact) mass is 279 g/mol. The average molecular weight is 279 g/mol. The van der Waals surface area contributed by atoms with E-state index in [9.17, 15) is 9.59 Å². The number of hydrogen-bond acceptors (Lipinski definition) is 4. The molecule has 0 saturated carbocycles. The molecule has 1 aromatic carbocycles. The van der Waals surface area contributed by atoms with Crippen molar-refractivity contribution in [1.82, 2.24) is 5.32 Å². The van der Waals surface area contributed by atoms with Gasteiger partial charge in [0.1, 0.15) is 11.8 Å². The maximum Gasteiger partial charge on any atom is 0.328 e. The molecule has 1 aromatic rings. The van der Waals surface area contributed by atoms with Crippen molar-refractivity contribution < 1.29 is 19.1 Å². The summed E-state index contributed by atoms with van der Waals surface area (Å²) in [6.45, 7) is 7.37. The van der Waals surface area contributed by atoms with E-state index >= 15 is 0 Å². The van der Waals surface area contributed by atoms with E-state index in [4.69, 9.17) is 9.47 Å². The molecule has 0 aliphatic heterocycles. The fourth-order valence-corrected chi connectivity index (χ4v) is 1.77. The smallest absolute Gasteiger partial charge is 0.328 e. The highest BCUT2D eigenvalue weighted by Crippen LogP contribution is 2.15. The third-order valence-electron chi connectivity index (χ3n) is 2.58. The molecule has 0 heterocycles. The Labute approximate surface area is 119 Å². The first-order valence-corrected chi connectivity index (χ1v) is 6.59. The summed E-state index contributed by atoms with van der Waals surface area (Å²) in [6, 6.07) is 5.06. The molecule has 0 radical (unpaired) electrons. The Kier molecular flexibility index (Phi) is 6.03. The second-order valence-corrected chi connectivity index (χ2v) is 4.65. The molecule has 5 nitrogen and oxygen atoms in total. The Bertz CT molecular complexity index is 465. The zero-order chi connectivity index (χ0) is 15.1. The quantitative estimate of drug-likeness (QED) is 0.806. The predicted octanol–water partition coefficient (Wildman–Crippen LogP) is 1.75. The van der Waals surface area contributed by atoms with Crippen molar-refractivity contribution in [3.05, 3.63) is 29.3 Å². The van der Waals surface area contributed by atoms with E-state index in [0.717, 1.165) is 11.1 Å². The lowest BCUT2D eigenvalue weighted by Crippen LogP contribution is -2.41. The molecule has 0 saturated heterocycles. The lowest BCUT2D eigenvalue weighted by Gasteiger charge is -2.13. The first-order valence-electron chi connectivity index (χ1n) is 6.59. The first kappa shape index (κ1) is 16.0. The molecule has 0 bridgehead atoms. The van der Waals surface area contributed by atoms with Gasteiger partial charge in [0, 0.05) is 0 Å². The minimum absolute atomic E-state index is 0.132. The van der Waals surface area contributed by atoms with Crippen molar-refractivity contribution in [2.24, 2.45) is 0 Å². The van der Waals surface area contributed by atoms with Crippen molar-refractivity contribution in [2.45, 2.75) is 33.7 Å². The van der Waals surface area contributed by atoms with E-state index in [1.54, 1.807) is 13.8 Å². The molecule has 1 N–H and O–H groups in total. The zero-order valence-corrected chi connectivity index (χ0v) is 12.4. The van der Waals surface area contributed by atoms with Gasteiger partial charge in [0.25, 0.3) is 5.91 Å². The molecule has 0 aromatic heterocycles. The number of nitrogens with one attached hydrogen (secondary N) is 1. The number of amides is 1. The van der Waals surface area contributed by atoms with Crippen LogP contribution < -0.4 is 10.1 Å². The van der Waals surface area contributed by atoms with Crippen LogP contribution in [0.4, 0.5) is 0 Å². The van der Waals surface area contributed by atoms with Crippen LogP contribution in [0, 0.1) is 13.8 Å². The molecule has 0 aliphatic rings. The first-order chi connectivity index (χ1) is 9.42. The van der Waals surface area contributed by atoms with Gasteiger partial charge >= 0.3 is 5.97 Å². The second-order valence-electron chi connectivity index (χ2n) is 4.65. The van der Waals surface area contributed by atoms with Crippen molar-refractivity contribution in [1.29, 1.82) is 0 Å². The van der Waals surface area contributed by atoms with Crippen LogP contribution in [0.3, 0.4) is 0 Å². The summed E-state index contributed by atoms with van der Waals surface area (Å²) in [6.07, 6.45) is 0. The molecule has 5 heteroatoms. The van der Waals surface area contributed by atoms with Crippen LogP contribution in [-0.4, -0.2) is 31.1 Å². The number of benzene rings is 1. The zero-order valence-electron chi connectivity index (χ0n) is 12.4. The molecule has 0 spiro atoms. The van der Waals surface area contributed by atoms with Crippen LogP contribution in [0.1, 0.15) is 25.0 Å². The number of hydrogen-bond donors (Lipinski definition) is 1. The van der Waals surface area contributed by atoms with E-state index in [2.05, 4.69) is 5.32 Å². The van der Waals surface area contributed by atoms with E-state index in [-0.39, 0.29) is 19.1 Å². The van der Waals surface area contributed by atoms with Gasteiger partial charge < -0.3 is 14.8 Å². The van der Waals surface area contributed by atoms with Gasteiger partial charge in [-0.15, -0.1) is 0 Å². The Balaban J connectivity index is 2.45. The average Bonchev–Trinajstić information content (AvgIpc) is 2.35. The molecule has 1 rings (SSSR count). The molecular formula is C15H21NO4. The van der Waals surface area contributed by atoms with E-state index in [1.807, 2.05) is 32.0 Å². The van der Waals surface area contributed by atoms with Gasteiger partial charge in [-0.25, -0.2) is 4.79 Å². The van der Waals surface area contributed by atoms with Gasteiger partial charge in [0.05, 0.1) is 6.61 Å². The fraction of sp³-hybridized carbons (Fsp3) is 0.467. The Hall–Kier alpha value is -2.04. The van der Waals surface area contributed by atoms with Crippen LogP contribution in [0.25, 0.3) is 0 Å². The van der Waals surface area contributed by atoms with Gasteiger partial charge in [-0.2, -0.15) is 0 Å². The van der Waals surface area contributed by atoms with Crippen LogP contribution in [-0.2, 0) is 14.3 Å². The van der Waals surface area contributed by atoms with Crippen LogP contribution in [0.5, 0.6) is 5.75 Å². The maximum atomic E-state index is 11.7. The molecule has 0 aliphatic carbocycles. The summed E-state index contributed by atoms with van der Waals surface area (Å²) >= 11 is 0. The highest BCUT2D eigenvalue weighted by molar-refractivity contribution is 5.84. The van der Waals surface area contributed by atoms with E-state index in [0.29, 0.717) is 5.75 Å². The molecule has 1 amide bonds. The Morgan fingerprint density at radius 1 is 1.20 bits per heavy atom. The van der Waals surface area contributed by atoms with Gasteiger partial charge in [-0.1, -0.05) is 6.07 Å². The third kappa shape index (κ3) is 5.30. The molecule has 1 atom stereocenters. The Morgan fingerprint density at radius 2 is 1.80 bits per heavy atom. The number of carbonyl (C=O) groups excluding carboxylic acids is 2. The SMILES string of the molecule is CCOC(=O)C(C)NC(=O)COc1cc(C)cc(C)c1. The van der Waals surface area contributed by atoms with Crippen molar-refractivity contribution in [2.75, 3.05) is 13.2 Å². The number of ether oxygens (including phenoxy) is 2. The van der Waals surface area contributed by atoms with Crippen molar-refractivity contribution >= 4 is 11.9 Å². The van der Waals surface area contributed by atoms with E-state index in [1.165, 1.54) is 0 Å². The fourth-order valence-electron chi connectivity index (χ4n) is 1.77. The predicted molar refractivity (Wildman–Crippen MR) is 75.6 cm³/mol. The van der Waals surface area contributed by atoms with Gasteiger partial charge in [0.15, 0.2) is 6.61 Å². The van der Waals surface area contributed by atoms with Crippen LogP contribution in [0.2, 0.25) is 0 Å². The minimum Gasteiger partial charge on any atom is -0.484 e. The van der Waals surface area contributed by atoms with Gasteiger partial charge in [-0.3, -0.25) is 4.79 Å². The molecule has 110 valence electrons. The standard InChI is InChI=1S/C15H21NO4/c1-5-19-15(18)12(4)16-14(17)9-20-13-7-10(2)6-11(3)8-13/h6-8,12H,5,9H2,1-4H3,(H,16,17). The minimum atomic E-state index is -0.676. The summed E-state index contributed by atoms with van der Waals surface area (Å²) < 4.78 is 10.2. The number of rotatable bonds is 6.